The average molecular weight is 213 g/mol. The van der Waals surface area contributed by atoms with E-state index in [1.807, 2.05) is 42.2 Å². The number of hydrogen-bond acceptors (Lipinski definition) is 4. The molecule has 2 aliphatic rings. The fourth-order valence-electron chi connectivity index (χ4n) is 1.84. The number of hydrogen-bond donors (Lipinski definition) is 1. The third-order valence-corrected chi connectivity index (χ3v) is 2.49. The van der Waals surface area contributed by atoms with Gasteiger partial charge in [0.25, 0.3) is 0 Å². The second-order valence-corrected chi connectivity index (χ2v) is 3.73. The van der Waals surface area contributed by atoms with Crippen LogP contribution in [-0.4, -0.2) is 5.71 Å². The van der Waals surface area contributed by atoms with Gasteiger partial charge >= 0.3 is 0 Å². The topological polar surface area (TPSA) is 50.8 Å². The molecule has 3 rings (SSSR count). The van der Waals surface area contributed by atoms with Gasteiger partial charge in [0.2, 0.25) is 11.8 Å². The largest absolute Gasteiger partial charge is 0.423 e. The van der Waals surface area contributed by atoms with Crippen molar-refractivity contribution >= 4 is 17.1 Å². The summed E-state index contributed by atoms with van der Waals surface area (Å²) in [5.74, 6) is 1.10. The van der Waals surface area contributed by atoms with Crippen molar-refractivity contribution in [1.29, 1.82) is 0 Å². The number of ether oxygens (including phenoxy) is 1. The van der Waals surface area contributed by atoms with Gasteiger partial charge in [-0.2, -0.15) is 0 Å². The molecule has 4 nitrogen and oxygen atoms in total. The molecular formula is C12H11N3O. The summed E-state index contributed by atoms with van der Waals surface area (Å²) in [6.07, 6.45) is 3.63. The lowest BCUT2D eigenvalue weighted by Crippen LogP contribution is -2.11. The lowest BCUT2D eigenvalue weighted by Gasteiger charge is -2.15. The van der Waals surface area contributed by atoms with E-state index in [-0.39, 0.29) is 0 Å². The SMILES string of the molecule is CC1=Nc2ccccc2N2C=C(N)OC2=C1. The van der Waals surface area contributed by atoms with Crippen LogP contribution in [0.4, 0.5) is 11.4 Å². The van der Waals surface area contributed by atoms with Crippen molar-refractivity contribution in [3.05, 3.63) is 48.3 Å². The van der Waals surface area contributed by atoms with Gasteiger partial charge in [0.15, 0.2) is 0 Å². The summed E-state index contributed by atoms with van der Waals surface area (Å²) in [5, 5.41) is 0. The Morgan fingerprint density at radius 1 is 1.31 bits per heavy atom. The second kappa shape index (κ2) is 3.13. The van der Waals surface area contributed by atoms with Crippen molar-refractivity contribution in [3.8, 4) is 0 Å². The quantitative estimate of drug-likeness (QED) is 0.719. The van der Waals surface area contributed by atoms with Crippen LogP contribution in [-0.2, 0) is 4.74 Å². The summed E-state index contributed by atoms with van der Waals surface area (Å²) in [7, 11) is 0. The first kappa shape index (κ1) is 9.03. The number of aliphatic imine (C=N–C) groups is 1. The Kier molecular flexibility index (Phi) is 1.77. The zero-order valence-electron chi connectivity index (χ0n) is 8.84. The van der Waals surface area contributed by atoms with E-state index in [9.17, 15) is 0 Å². The first-order valence-electron chi connectivity index (χ1n) is 5.04. The summed E-state index contributed by atoms with van der Waals surface area (Å²) in [4.78, 5) is 6.40. The number of rotatable bonds is 0. The molecule has 2 heterocycles. The standard InChI is InChI=1S/C12H11N3O/c1-8-6-12-15(7-11(13)16-12)10-5-3-2-4-9(10)14-8/h2-7H,13H2,1H3. The van der Waals surface area contributed by atoms with Crippen LogP contribution in [0.2, 0.25) is 0 Å². The molecule has 80 valence electrons. The predicted octanol–water partition coefficient (Wildman–Crippen LogP) is 2.23. The highest BCUT2D eigenvalue weighted by Crippen LogP contribution is 2.36. The fourth-order valence-corrected chi connectivity index (χ4v) is 1.84. The molecule has 16 heavy (non-hydrogen) atoms. The Morgan fingerprint density at radius 3 is 3.00 bits per heavy atom. The van der Waals surface area contributed by atoms with Crippen molar-refractivity contribution in [3.63, 3.8) is 0 Å². The second-order valence-electron chi connectivity index (χ2n) is 3.73. The lowest BCUT2D eigenvalue weighted by atomic mass is 10.2. The third-order valence-electron chi connectivity index (χ3n) is 2.49. The van der Waals surface area contributed by atoms with Crippen LogP contribution in [0.3, 0.4) is 0 Å². The molecular weight excluding hydrogens is 202 g/mol. The minimum absolute atomic E-state index is 0.399. The van der Waals surface area contributed by atoms with Gasteiger partial charge in [-0.05, 0) is 19.1 Å². The molecule has 0 spiro atoms. The maximum atomic E-state index is 5.66. The molecule has 0 atom stereocenters. The third kappa shape index (κ3) is 1.27. The molecule has 0 amide bonds. The highest BCUT2D eigenvalue weighted by atomic mass is 16.5. The Balaban J connectivity index is 2.22. The molecule has 0 radical (unpaired) electrons. The van der Waals surface area contributed by atoms with Gasteiger partial charge < -0.3 is 10.5 Å². The zero-order chi connectivity index (χ0) is 11.1. The van der Waals surface area contributed by atoms with Crippen molar-refractivity contribution in [2.45, 2.75) is 6.92 Å². The molecule has 2 N–H and O–H groups in total. The van der Waals surface area contributed by atoms with E-state index in [0.717, 1.165) is 17.1 Å². The molecule has 1 aromatic carbocycles. The molecule has 4 heteroatoms. The molecule has 0 fully saturated rings. The first-order chi connectivity index (χ1) is 7.74. The fraction of sp³-hybridized carbons (Fsp3) is 0.0833. The van der Waals surface area contributed by atoms with Crippen LogP contribution >= 0.6 is 0 Å². The molecule has 1 aromatic rings. The van der Waals surface area contributed by atoms with Crippen molar-refractivity contribution in [2.24, 2.45) is 10.7 Å². The van der Waals surface area contributed by atoms with E-state index in [2.05, 4.69) is 4.99 Å². The Hall–Kier alpha value is -2.23. The van der Waals surface area contributed by atoms with Crippen LogP contribution in [0.1, 0.15) is 6.92 Å². The van der Waals surface area contributed by atoms with Gasteiger partial charge in [-0.25, -0.2) is 0 Å². The Bertz CT molecular complexity index is 543. The van der Waals surface area contributed by atoms with Crippen LogP contribution in [0.15, 0.2) is 53.3 Å². The monoisotopic (exact) mass is 213 g/mol. The van der Waals surface area contributed by atoms with Gasteiger partial charge in [0.1, 0.15) is 0 Å². The molecule has 0 saturated heterocycles. The number of fused-ring (bicyclic) bond motifs is 3. The van der Waals surface area contributed by atoms with Gasteiger partial charge in [0, 0.05) is 11.8 Å². The van der Waals surface area contributed by atoms with E-state index in [0.29, 0.717) is 11.8 Å². The van der Waals surface area contributed by atoms with Crippen LogP contribution < -0.4 is 10.6 Å². The number of allylic oxidation sites excluding steroid dienone is 1. The van der Waals surface area contributed by atoms with Gasteiger partial charge in [-0.3, -0.25) is 9.89 Å². The first-order valence-corrected chi connectivity index (χ1v) is 5.04. The van der Waals surface area contributed by atoms with E-state index in [1.54, 1.807) is 6.20 Å². The molecule has 0 unspecified atom stereocenters. The lowest BCUT2D eigenvalue weighted by molar-refractivity contribution is 0.320. The van der Waals surface area contributed by atoms with E-state index >= 15 is 0 Å². The number of para-hydroxylation sites is 2. The van der Waals surface area contributed by atoms with Crippen LogP contribution in [0, 0.1) is 0 Å². The highest BCUT2D eigenvalue weighted by molar-refractivity contribution is 5.98. The van der Waals surface area contributed by atoms with Gasteiger partial charge in [0.05, 0.1) is 17.6 Å². The normalized spacial score (nSPS) is 17.6. The summed E-state index contributed by atoms with van der Waals surface area (Å²) < 4.78 is 5.42. The number of nitrogens with zero attached hydrogens (tertiary/aromatic N) is 2. The smallest absolute Gasteiger partial charge is 0.209 e. The Morgan fingerprint density at radius 2 is 2.12 bits per heavy atom. The Labute approximate surface area is 93.3 Å². The predicted molar refractivity (Wildman–Crippen MR) is 63.1 cm³/mol. The van der Waals surface area contributed by atoms with E-state index in [1.165, 1.54) is 0 Å². The number of benzene rings is 1. The number of anilines is 1. The van der Waals surface area contributed by atoms with Crippen LogP contribution in [0.5, 0.6) is 0 Å². The highest BCUT2D eigenvalue weighted by Gasteiger charge is 2.24. The summed E-state index contributed by atoms with van der Waals surface area (Å²) >= 11 is 0. The van der Waals surface area contributed by atoms with Crippen LogP contribution in [0.25, 0.3) is 0 Å². The maximum absolute atomic E-state index is 5.66. The summed E-state index contributed by atoms with van der Waals surface area (Å²) in [6.45, 7) is 1.94. The summed E-state index contributed by atoms with van der Waals surface area (Å²) in [5.41, 5.74) is 8.46. The van der Waals surface area contributed by atoms with E-state index in [4.69, 9.17) is 10.5 Å². The van der Waals surface area contributed by atoms with Crippen molar-refractivity contribution < 1.29 is 4.74 Å². The molecule has 0 saturated carbocycles. The van der Waals surface area contributed by atoms with E-state index < -0.39 is 0 Å². The summed E-state index contributed by atoms with van der Waals surface area (Å²) in [6, 6.07) is 7.89. The molecule has 0 aromatic heterocycles. The molecule has 2 aliphatic heterocycles. The number of nitrogens with two attached hydrogens (primary N) is 1. The van der Waals surface area contributed by atoms with Gasteiger partial charge in [-0.1, -0.05) is 12.1 Å². The zero-order valence-corrected chi connectivity index (χ0v) is 8.84. The molecule has 0 aliphatic carbocycles. The van der Waals surface area contributed by atoms with Gasteiger partial charge in [-0.15, -0.1) is 0 Å². The minimum atomic E-state index is 0.399. The average Bonchev–Trinajstić information content (AvgIpc) is 2.54. The van der Waals surface area contributed by atoms with Crippen molar-refractivity contribution in [2.75, 3.05) is 4.90 Å². The minimum Gasteiger partial charge on any atom is -0.423 e. The maximum Gasteiger partial charge on any atom is 0.209 e. The molecule has 0 bridgehead atoms. The van der Waals surface area contributed by atoms with Crippen molar-refractivity contribution in [1.82, 2.24) is 0 Å².